The molecule has 2 heterocycles. The summed E-state index contributed by atoms with van der Waals surface area (Å²) in [5, 5.41) is 16.3. The van der Waals surface area contributed by atoms with Crippen LogP contribution in [0.1, 0.15) is 49.6 Å². The van der Waals surface area contributed by atoms with Crippen LogP contribution in [-0.4, -0.2) is 21.1 Å². The second-order valence-corrected chi connectivity index (χ2v) is 9.49. The molecule has 0 aliphatic heterocycles. The van der Waals surface area contributed by atoms with Crippen molar-refractivity contribution < 1.29 is 4.92 Å². The molecule has 1 unspecified atom stereocenters. The number of hydrogen-bond acceptors (Lipinski definition) is 7. The SMILES string of the molecule is CCC(C)(C)C1CCc2sc3ncnc(NN=Cc4cccc([N+](=O)[O-])c4)c3c2C1. The van der Waals surface area contributed by atoms with Gasteiger partial charge in [-0.25, -0.2) is 9.97 Å². The third-order valence-corrected chi connectivity index (χ3v) is 7.52. The number of thiophene rings is 1. The first-order valence-electron chi connectivity index (χ1n) is 10.2. The average Bonchev–Trinajstić information content (AvgIpc) is 3.12. The van der Waals surface area contributed by atoms with Crippen molar-refractivity contribution in [2.45, 2.75) is 46.5 Å². The molecule has 1 aliphatic rings. The largest absolute Gasteiger partial charge is 0.270 e. The van der Waals surface area contributed by atoms with E-state index < -0.39 is 4.92 Å². The van der Waals surface area contributed by atoms with Crippen molar-refractivity contribution in [2.75, 3.05) is 5.43 Å². The number of hydrogen-bond donors (Lipinski definition) is 1. The maximum Gasteiger partial charge on any atom is 0.270 e. The Morgan fingerprint density at radius 1 is 1.40 bits per heavy atom. The predicted octanol–water partition coefficient (Wildman–Crippen LogP) is 5.59. The maximum atomic E-state index is 11.0. The topological polar surface area (TPSA) is 93.3 Å². The molecule has 1 N–H and O–H groups in total. The highest BCUT2D eigenvalue weighted by molar-refractivity contribution is 7.19. The highest BCUT2D eigenvalue weighted by Gasteiger charge is 2.33. The van der Waals surface area contributed by atoms with E-state index in [9.17, 15) is 10.1 Å². The highest BCUT2D eigenvalue weighted by Crippen LogP contribution is 2.45. The summed E-state index contributed by atoms with van der Waals surface area (Å²) < 4.78 is 0. The van der Waals surface area contributed by atoms with Gasteiger partial charge in [0.2, 0.25) is 0 Å². The van der Waals surface area contributed by atoms with Crippen LogP contribution in [0.25, 0.3) is 10.2 Å². The van der Waals surface area contributed by atoms with Gasteiger partial charge in [-0.15, -0.1) is 11.3 Å². The third kappa shape index (κ3) is 3.92. The Labute approximate surface area is 179 Å². The Morgan fingerprint density at radius 3 is 3.00 bits per heavy atom. The number of aryl methyl sites for hydroxylation is 1. The second kappa shape index (κ2) is 8.10. The van der Waals surface area contributed by atoms with Crippen molar-refractivity contribution in [3.05, 3.63) is 56.7 Å². The first kappa shape index (κ1) is 20.4. The van der Waals surface area contributed by atoms with Crippen molar-refractivity contribution in [3.63, 3.8) is 0 Å². The van der Waals surface area contributed by atoms with Gasteiger partial charge in [0.1, 0.15) is 11.2 Å². The van der Waals surface area contributed by atoms with Crippen LogP contribution in [0.4, 0.5) is 11.5 Å². The lowest BCUT2D eigenvalue weighted by molar-refractivity contribution is -0.384. The van der Waals surface area contributed by atoms with Crippen LogP contribution in [0.5, 0.6) is 0 Å². The average molecular weight is 424 g/mol. The molecule has 0 amide bonds. The van der Waals surface area contributed by atoms with Gasteiger partial charge in [-0.05, 0) is 36.2 Å². The van der Waals surface area contributed by atoms with Crippen molar-refractivity contribution in [1.29, 1.82) is 0 Å². The van der Waals surface area contributed by atoms with E-state index >= 15 is 0 Å². The van der Waals surface area contributed by atoms with E-state index in [1.165, 1.54) is 29.0 Å². The summed E-state index contributed by atoms with van der Waals surface area (Å²) in [6, 6.07) is 6.38. The molecule has 0 saturated heterocycles. The van der Waals surface area contributed by atoms with Gasteiger partial charge in [0.05, 0.1) is 16.5 Å². The molecule has 2 aromatic heterocycles. The van der Waals surface area contributed by atoms with E-state index in [4.69, 9.17) is 0 Å². The maximum absolute atomic E-state index is 11.0. The van der Waals surface area contributed by atoms with Gasteiger partial charge in [0.15, 0.2) is 5.82 Å². The fraction of sp³-hybridized carbons (Fsp3) is 0.409. The van der Waals surface area contributed by atoms with E-state index in [2.05, 4.69) is 41.3 Å². The molecule has 30 heavy (non-hydrogen) atoms. The zero-order valence-corrected chi connectivity index (χ0v) is 18.2. The van der Waals surface area contributed by atoms with Crippen LogP contribution >= 0.6 is 11.3 Å². The number of hydrazone groups is 1. The normalized spacial score (nSPS) is 16.7. The number of anilines is 1. The summed E-state index contributed by atoms with van der Waals surface area (Å²) in [5.41, 5.74) is 5.39. The lowest BCUT2D eigenvalue weighted by Crippen LogP contribution is -2.28. The summed E-state index contributed by atoms with van der Waals surface area (Å²) in [6.07, 6.45) is 7.62. The summed E-state index contributed by atoms with van der Waals surface area (Å²) in [5.74, 6) is 1.32. The summed E-state index contributed by atoms with van der Waals surface area (Å²) in [4.78, 5) is 21.9. The molecular formula is C22H25N5O2S. The number of nitro benzene ring substituents is 1. The van der Waals surface area contributed by atoms with E-state index in [1.807, 2.05) is 0 Å². The molecule has 1 aromatic carbocycles. The first-order chi connectivity index (χ1) is 14.4. The summed E-state index contributed by atoms with van der Waals surface area (Å²) >= 11 is 1.75. The van der Waals surface area contributed by atoms with Gasteiger partial charge < -0.3 is 0 Å². The van der Waals surface area contributed by atoms with E-state index in [0.717, 1.165) is 29.5 Å². The number of nitro groups is 1. The minimum absolute atomic E-state index is 0.0415. The molecular weight excluding hydrogens is 398 g/mol. The minimum Gasteiger partial charge on any atom is -0.261 e. The highest BCUT2D eigenvalue weighted by atomic mass is 32.1. The van der Waals surface area contributed by atoms with Crippen molar-refractivity contribution in [1.82, 2.24) is 9.97 Å². The quantitative estimate of drug-likeness (QED) is 0.317. The Bertz CT molecular complexity index is 1120. The molecule has 4 rings (SSSR count). The lowest BCUT2D eigenvalue weighted by atomic mass is 9.69. The Balaban J connectivity index is 1.62. The zero-order valence-electron chi connectivity index (χ0n) is 17.4. The van der Waals surface area contributed by atoms with Gasteiger partial charge in [-0.2, -0.15) is 5.10 Å². The molecule has 0 fully saturated rings. The van der Waals surface area contributed by atoms with E-state index in [0.29, 0.717) is 22.7 Å². The van der Waals surface area contributed by atoms with E-state index in [1.54, 1.807) is 36.0 Å². The molecule has 156 valence electrons. The van der Waals surface area contributed by atoms with Gasteiger partial charge in [-0.1, -0.05) is 39.3 Å². The molecule has 0 spiro atoms. The van der Waals surface area contributed by atoms with Crippen molar-refractivity contribution >= 4 is 39.3 Å². The Kier molecular flexibility index (Phi) is 5.51. The molecule has 7 nitrogen and oxygen atoms in total. The number of benzene rings is 1. The second-order valence-electron chi connectivity index (χ2n) is 8.41. The molecule has 8 heteroatoms. The lowest BCUT2D eigenvalue weighted by Gasteiger charge is -2.36. The van der Waals surface area contributed by atoms with Crippen LogP contribution in [0.3, 0.4) is 0 Å². The number of fused-ring (bicyclic) bond motifs is 3. The van der Waals surface area contributed by atoms with Gasteiger partial charge in [0, 0.05) is 22.6 Å². The van der Waals surface area contributed by atoms with Gasteiger partial charge in [0.25, 0.3) is 5.69 Å². The minimum atomic E-state index is -0.412. The monoisotopic (exact) mass is 423 g/mol. The molecule has 1 atom stereocenters. The van der Waals surface area contributed by atoms with Crippen molar-refractivity contribution in [2.24, 2.45) is 16.4 Å². The van der Waals surface area contributed by atoms with Crippen LogP contribution < -0.4 is 5.43 Å². The molecule has 0 bridgehead atoms. The number of nitrogens with one attached hydrogen (secondary N) is 1. The number of non-ortho nitro benzene ring substituents is 1. The molecule has 3 aromatic rings. The molecule has 0 saturated carbocycles. The Hall–Kier alpha value is -2.87. The molecule has 1 aliphatic carbocycles. The number of aromatic nitrogens is 2. The van der Waals surface area contributed by atoms with Gasteiger partial charge >= 0.3 is 0 Å². The predicted molar refractivity (Wildman–Crippen MR) is 121 cm³/mol. The van der Waals surface area contributed by atoms with Crippen molar-refractivity contribution in [3.8, 4) is 0 Å². The van der Waals surface area contributed by atoms with Crippen LogP contribution in [0.15, 0.2) is 35.7 Å². The summed E-state index contributed by atoms with van der Waals surface area (Å²) in [7, 11) is 0. The summed E-state index contributed by atoms with van der Waals surface area (Å²) in [6.45, 7) is 6.98. The zero-order chi connectivity index (χ0) is 21.3. The van der Waals surface area contributed by atoms with Crippen LogP contribution in [0, 0.1) is 21.4 Å². The van der Waals surface area contributed by atoms with Crippen LogP contribution in [0.2, 0.25) is 0 Å². The standard InChI is InChI=1S/C22H25N5O2S/c1-4-22(2,3)15-8-9-18-17(11-15)19-20(23-13-24-21(19)30-18)26-25-12-14-6-5-7-16(10-14)27(28)29/h5-7,10,12-13,15H,4,8-9,11H2,1-3H3,(H,23,24,26). The van der Waals surface area contributed by atoms with Gasteiger partial charge in [-0.3, -0.25) is 15.5 Å². The number of nitrogens with zero attached hydrogens (tertiary/aromatic N) is 4. The smallest absolute Gasteiger partial charge is 0.261 e. The fourth-order valence-electron chi connectivity index (χ4n) is 4.04. The fourth-order valence-corrected chi connectivity index (χ4v) is 5.22. The van der Waals surface area contributed by atoms with Crippen LogP contribution in [-0.2, 0) is 12.8 Å². The third-order valence-electron chi connectivity index (χ3n) is 6.32. The first-order valence-corrected chi connectivity index (χ1v) is 11.0. The number of rotatable bonds is 6. The van der Waals surface area contributed by atoms with E-state index in [-0.39, 0.29) is 5.69 Å². The Morgan fingerprint density at radius 2 is 2.23 bits per heavy atom. The molecule has 0 radical (unpaired) electrons.